The van der Waals surface area contributed by atoms with Gasteiger partial charge in [0.2, 0.25) is 0 Å². The standard InChI is InChI=1S/C18H18ClNO2/c1-12-7-8-15(19)17(9-12)22-11-18(21)20-13(2)10-14-5-3-4-6-16(14)20/h3-9,13H,10-11H2,1-2H3/t13-/m1/s1. The van der Waals surface area contributed by atoms with Crippen molar-refractivity contribution in [3.8, 4) is 5.75 Å². The Balaban J connectivity index is 1.74. The Bertz CT molecular complexity index is 714. The van der Waals surface area contributed by atoms with Crippen LogP contribution in [0.25, 0.3) is 0 Å². The number of fused-ring (bicyclic) bond motifs is 1. The molecule has 0 saturated heterocycles. The van der Waals surface area contributed by atoms with Crippen molar-refractivity contribution in [1.82, 2.24) is 0 Å². The number of carbonyl (C=O) groups excluding carboxylic acids is 1. The molecular weight excluding hydrogens is 298 g/mol. The molecule has 1 atom stereocenters. The Labute approximate surface area is 135 Å². The highest BCUT2D eigenvalue weighted by molar-refractivity contribution is 6.32. The maximum atomic E-state index is 12.5. The Morgan fingerprint density at radius 2 is 2.09 bits per heavy atom. The van der Waals surface area contributed by atoms with Crippen molar-refractivity contribution < 1.29 is 9.53 Å². The lowest BCUT2D eigenvalue weighted by Gasteiger charge is -2.23. The first kappa shape index (κ1) is 14.9. The first-order valence-electron chi connectivity index (χ1n) is 7.35. The lowest BCUT2D eigenvalue weighted by Crippen LogP contribution is -2.39. The van der Waals surface area contributed by atoms with Crippen LogP contribution in [0.15, 0.2) is 42.5 Å². The van der Waals surface area contributed by atoms with E-state index in [9.17, 15) is 4.79 Å². The van der Waals surface area contributed by atoms with Crippen LogP contribution < -0.4 is 9.64 Å². The van der Waals surface area contributed by atoms with Gasteiger partial charge in [0.1, 0.15) is 5.75 Å². The zero-order valence-electron chi connectivity index (χ0n) is 12.7. The monoisotopic (exact) mass is 315 g/mol. The van der Waals surface area contributed by atoms with Gasteiger partial charge in [-0.3, -0.25) is 4.79 Å². The summed E-state index contributed by atoms with van der Waals surface area (Å²) in [5.41, 5.74) is 3.24. The number of amides is 1. The normalized spacial score (nSPS) is 16.5. The van der Waals surface area contributed by atoms with E-state index in [-0.39, 0.29) is 18.6 Å². The summed E-state index contributed by atoms with van der Waals surface area (Å²) < 4.78 is 5.63. The third-order valence-electron chi connectivity index (χ3n) is 3.91. The highest BCUT2D eigenvalue weighted by Gasteiger charge is 2.30. The number of benzene rings is 2. The SMILES string of the molecule is Cc1ccc(Cl)c(OCC(=O)N2c3ccccc3C[C@H]2C)c1. The molecule has 114 valence electrons. The van der Waals surface area contributed by atoms with Gasteiger partial charge in [0, 0.05) is 11.7 Å². The summed E-state index contributed by atoms with van der Waals surface area (Å²) in [5.74, 6) is 0.505. The third kappa shape index (κ3) is 2.81. The van der Waals surface area contributed by atoms with E-state index in [4.69, 9.17) is 16.3 Å². The summed E-state index contributed by atoms with van der Waals surface area (Å²) in [7, 11) is 0. The lowest BCUT2D eigenvalue weighted by molar-refractivity contribution is -0.120. The minimum Gasteiger partial charge on any atom is -0.482 e. The molecule has 1 aliphatic rings. The van der Waals surface area contributed by atoms with Crippen molar-refractivity contribution in [2.75, 3.05) is 11.5 Å². The molecule has 1 heterocycles. The largest absolute Gasteiger partial charge is 0.482 e. The summed E-state index contributed by atoms with van der Waals surface area (Å²) >= 11 is 6.10. The molecule has 0 bridgehead atoms. The molecule has 3 nitrogen and oxygen atoms in total. The van der Waals surface area contributed by atoms with Crippen molar-refractivity contribution in [2.45, 2.75) is 26.3 Å². The van der Waals surface area contributed by atoms with E-state index in [1.54, 1.807) is 6.07 Å². The molecule has 1 aliphatic heterocycles. The van der Waals surface area contributed by atoms with E-state index in [0.717, 1.165) is 17.7 Å². The Morgan fingerprint density at radius 3 is 2.91 bits per heavy atom. The summed E-state index contributed by atoms with van der Waals surface area (Å²) in [6.45, 7) is 4.00. The van der Waals surface area contributed by atoms with Crippen LogP contribution in [0.2, 0.25) is 5.02 Å². The minimum absolute atomic E-state index is 0.0121. The van der Waals surface area contributed by atoms with Gasteiger partial charge in [0.05, 0.1) is 5.02 Å². The second kappa shape index (κ2) is 6.01. The van der Waals surface area contributed by atoms with Crippen LogP contribution in [-0.2, 0) is 11.2 Å². The zero-order valence-corrected chi connectivity index (χ0v) is 13.4. The maximum absolute atomic E-state index is 12.5. The van der Waals surface area contributed by atoms with Gasteiger partial charge in [-0.15, -0.1) is 0 Å². The number of carbonyl (C=O) groups is 1. The zero-order chi connectivity index (χ0) is 15.7. The van der Waals surface area contributed by atoms with Gasteiger partial charge < -0.3 is 9.64 Å². The lowest BCUT2D eigenvalue weighted by atomic mass is 10.1. The van der Waals surface area contributed by atoms with Gasteiger partial charge in [-0.2, -0.15) is 0 Å². The molecule has 2 aromatic rings. The molecule has 0 aliphatic carbocycles. The first-order chi connectivity index (χ1) is 10.6. The van der Waals surface area contributed by atoms with Crippen molar-refractivity contribution in [3.63, 3.8) is 0 Å². The minimum atomic E-state index is -0.0463. The molecule has 22 heavy (non-hydrogen) atoms. The van der Waals surface area contributed by atoms with Crippen LogP contribution in [0.5, 0.6) is 5.75 Å². The molecule has 4 heteroatoms. The number of hydrogen-bond acceptors (Lipinski definition) is 2. The van der Waals surface area contributed by atoms with E-state index < -0.39 is 0 Å². The van der Waals surface area contributed by atoms with Crippen LogP contribution in [0, 0.1) is 6.92 Å². The molecule has 0 saturated carbocycles. The summed E-state index contributed by atoms with van der Waals surface area (Å²) in [4.78, 5) is 14.4. The molecule has 0 N–H and O–H groups in total. The van der Waals surface area contributed by atoms with Gasteiger partial charge in [0.15, 0.2) is 6.61 Å². The number of halogens is 1. The molecule has 0 spiro atoms. The highest BCUT2D eigenvalue weighted by Crippen LogP contribution is 2.32. The number of hydrogen-bond donors (Lipinski definition) is 0. The fourth-order valence-electron chi connectivity index (χ4n) is 2.88. The average Bonchev–Trinajstić information content (AvgIpc) is 2.83. The van der Waals surface area contributed by atoms with Crippen LogP contribution in [0.4, 0.5) is 5.69 Å². The van der Waals surface area contributed by atoms with Gasteiger partial charge in [-0.1, -0.05) is 35.9 Å². The van der Waals surface area contributed by atoms with E-state index in [1.165, 1.54) is 5.56 Å². The topological polar surface area (TPSA) is 29.5 Å². The van der Waals surface area contributed by atoms with Gasteiger partial charge in [-0.05, 0) is 49.6 Å². The van der Waals surface area contributed by atoms with E-state index >= 15 is 0 Å². The number of aryl methyl sites for hydroxylation is 1. The number of nitrogens with zero attached hydrogens (tertiary/aromatic N) is 1. The summed E-state index contributed by atoms with van der Waals surface area (Å²) in [6, 6.07) is 13.7. The van der Waals surface area contributed by atoms with Crippen LogP contribution >= 0.6 is 11.6 Å². The Hall–Kier alpha value is -2.00. The van der Waals surface area contributed by atoms with Crippen LogP contribution in [0.3, 0.4) is 0 Å². The number of anilines is 1. The second-order valence-electron chi connectivity index (χ2n) is 5.67. The number of para-hydroxylation sites is 1. The molecular formula is C18H18ClNO2. The fourth-order valence-corrected chi connectivity index (χ4v) is 3.05. The number of ether oxygens (including phenoxy) is 1. The molecule has 1 amide bonds. The smallest absolute Gasteiger partial charge is 0.265 e. The predicted molar refractivity (Wildman–Crippen MR) is 88.8 cm³/mol. The molecule has 0 fully saturated rings. The first-order valence-corrected chi connectivity index (χ1v) is 7.73. The van der Waals surface area contributed by atoms with Gasteiger partial charge in [-0.25, -0.2) is 0 Å². The van der Waals surface area contributed by atoms with Crippen molar-refractivity contribution in [3.05, 3.63) is 58.6 Å². The Morgan fingerprint density at radius 1 is 1.32 bits per heavy atom. The van der Waals surface area contributed by atoms with Crippen molar-refractivity contribution >= 4 is 23.2 Å². The van der Waals surface area contributed by atoms with E-state index in [2.05, 4.69) is 13.0 Å². The van der Waals surface area contributed by atoms with Crippen molar-refractivity contribution in [1.29, 1.82) is 0 Å². The van der Waals surface area contributed by atoms with Gasteiger partial charge in [0.25, 0.3) is 5.91 Å². The third-order valence-corrected chi connectivity index (χ3v) is 4.23. The second-order valence-corrected chi connectivity index (χ2v) is 6.08. The van der Waals surface area contributed by atoms with Crippen LogP contribution in [-0.4, -0.2) is 18.6 Å². The summed E-state index contributed by atoms with van der Waals surface area (Å²) in [6.07, 6.45) is 0.882. The maximum Gasteiger partial charge on any atom is 0.265 e. The highest BCUT2D eigenvalue weighted by atomic mass is 35.5. The molecule has 0 radical (unpaired) electrons. The van der Waals surface area contributed by atoms with Crippen LogP contribution in [0.1, 0.15) is 18.1 Å². The average molecular weight is 316 g/mol. The molecule has 0 aromatic heterocycles. The predicted octanol–water partition coefficient (Wildman–Crippen LogP) is 4.01. The molecule has 0 unspecified atom stereocenters. The van der Waals surface area contributed by atoms with E-state index in [0.29, 0.717) is 10.8 Å². The number of rotatable bonds is 3. The van der Waals surface area contributed by atoms with Crippen molar-refractivity contribution in [2.24, 2.45) is 0 Å². The van der Waals surface area contributed by atoms with E-state index in [1.807, 2.05) is 42.2 Å². The van der Waals surface area contributed by atoms with Gasteiger partial charge >= 0.3 is 0 Å². The molecule has 2 aromatic carbocycles. The molecule has 3 rings (SSSR count). The summed E-state index contributed by atoms with van der Waals surface area (Å²) in [5, 5.41) is 0.522. The fraction of sp³-hybridized carbons (Fsp3) is 0.278. The quantitative estimate of drug-likeness (QED) is 0.856. The Kier molecular flexibility index (Phi) is 4.08.